The number of carbonyl (C=O) groups excluding carboxylic acids is 1. The van der Waals surface area contributed by atoms with E-state index in [1.807, 2.05) is 12.1 Å². The van der Waals surface area contributed by atoms with Gasteiger partial charge in [-0.2, -0.15) is 0 Å². The molecule has 0 bridgehead atoms. The topological polar surface area (TPSA) is 64.4 Å². The van der Waals surface area contributed by atoms with Crippen LogP contribution in [0.15, 0.2) is 24.3 Å². The van der Waals surface area contributed by atoms with Gasteiger partial charge in [0.15, 0.2) is 0 Å². The van der Waals surface area contributed by atoms with Gasteiger partial charge in [-0.1, -0.05) is 17.9 Å². The highest BCUT2D eigenvalue weighted by Gasteiger charge is 2.22. The summed E-state index contributed by atoms with van der Waals surface area (Å²) in [5.41, 5.74) is 6.81. The van der Waals surface area contributed by atoms with Crippen molar-refractivity contribution in [3.05, 3.63) is 35.4 Å². The van der Waals surface area contributed by atoms with E-state index in [-0.39, 0.29) is 11.9 Å². The molecule has 1 saturated heterocycles. The summed E-state index contributed by atoms with van der Waals surface area (Å²) in [6, 6.07) is 7.48. The Morgan fingerprint density at radius 3 is 2.95 bits per heavy atom. The highest BCUT2D eigenvalue weighted by atomic mass is 16.5. The molecule has 1 amide bonds. The SMILES string of the molecule is CC(NC(=O)c1cccc(C#CCN)c1)C1CCOCC1. The summed E-state index contributed by atoms with van der Waals surface area (Å²) in [5.74, 6) is 6.18. The third kappa shape index (κ3) is 4.59. The molecule has 1 atom stereocenters. The van der Waals surface area contributed by atoms with Crippen LogP contribution in [-0.2, 0) is 4.74 Å². The van der Waals surface area contributed by atoms with Gasteiger partial charge >= 0.3 is 0 Å². The maximum absolute atomic E-state index is 12.3. The lowest BCUT2D eigenvalue weighted by atomic mass is 9.92. The van der Waals surface area contributed by atoms with Crippen LogP contribution in [0.25, 0.3) is 0 Å². The summed E-state index contributed by atoms with van der Waals surface area (Å²) in [6.45, 7) is 3.95. The Hall–Kier alpha value is -1.83. The summed E-state index contributed by atoms with van der Waals surface area (Å²) < 4.78 is 5.35. The van der Waals surface area contributed by atoms with Crippen LogP contribution in [0.4, 0.5) is 0 Å². The molecule has 21 heavy (non-hydrogen) atoms. The van der Waals surface area contributed by atoms with Gasteiger partial charge in [-0.25, -0.2) is 0 Å². The van der Waals surface area contributed by atoms with Crippen molar-refractivity contribution >= 4 is 5.91 Å². The van der Waals surface area contributed by atoms with Gasteiger partial charge in [-0.05, 0) is 43.9 Å². The largest absolute Gasteiger partial charge is 0.381 e. The Labute approximate surface area is 126 Å². The molecule has 1 aromatic carbocycles. The molecule has 0 aliphatic carbocycles. The summed E-state index contributed by atoms with van der Waals surface area (Å²) in [5, 5.41) is 3.08. The second-order valence-corrected chi connectivity index (χ2v) is 5.30. The van der Waals surface area contributed by atoms with Crippen LogP contribution in [-0.4, -0.2) is 31.7 Å². The molecule has 4 nitrogen and oxygen atoms in total. The van der Waals surface area contributed by atoms with Crippen molar-refractivity contribution in [3.63, 3.8) is 0 Å². The van der Waals surface area contributed by atoms with E-state index >= 15 is 0 Å². The van der Waals surface area contributed by atoms with Crippen LogP contribution >= 0.6 is 0 Å². The van der Waals surface area contributed by atoms with Crippen molar-refractivity contribution < 1.29 is 9.53 Å². The first-order valence-electron chi connectivity index (χ1n) is 7.38. The molecule has 0 saturated carbocycles. The lowest BCUT2D eigenvalue weighted by Crippen LogP contribution is -2.40. The zero-order valence-electron chi connectivity index (χ0n) is 12.4. The predicted octanol–water partition coefficient (Wildman–Crippen LogP) is 1.54. The fraction of sp³-hybridized carbons (Fsp3) is 0.471. The Bertz CT molecular complexity index is 539. The molecule has 0 radical (unpaired) electrons. The monoisotopic (exact) mass is 286 g/mol. The van der Waals surface area contributed by atoms with Gasteiger partial charge < -0.3 is 15.8 Å². The molecule has 4 heteroatoms. The minimum atomic E-state index is -0.0506. The first kappa shape index (κ1) is 15.6. The Balaban J connectivity index is 1.99. The number of benzene rings is 1. The van der Waals surface area contributed by atoms with E-state index in [2.05, 4.69) is 24.1 Å². The van der Waals surface area contributed by atoms with Gasteiger partial charge in [0.1, 0.15) is 0 Å². The average Bonchev–Trinajstić information content (AvgIpc) is 2.54. The number of carbonyl (C=O) groups is 1. The van der Waals surface area contributed by atoms with Crippen LogP contribution in [0.2, 0.25) is 0 Å². The quantitative estimate of drug-likeness (QED) is 0.829. The zero-order chi connectivity index (χ0) is 15.1. The molecule has 1 heterocycles. The maximum atomic E-state index is 12.3. The molecular formula is C17H22N2O2. The van der Waals surface area contributed by atoms with Gasteiger partial charge in [0.25, 0.3) is 5.91 Å². The first-order valence-corrected chi connectivity index (χ1v) is 7.38. The third-order valence-electron chi connectivity index (χ3n) is 3.79. The fourth-order valence-corrected chi connectivity index (χ4v) is 2.52. The van der Waals surface area contributed by atoms with E-state index in [9.17, 15) is 4.79 Å². The molecule has 2 rings (SSSR count). The number of ether oxygens (including phenoxy) is 1. The van der Waals surface area contributed by atoms with Gasteiger partial charge in [-0.3, -0.25) is 4.79 Å². The smallest absolute Gasteiger partial charge is 0.251 e. The molecule has 1 unspecified atom stereocenters. The van der Waals surface area contributed by atoms with Crippen molar-refractivity contribution in [1.29, 1.82) is 0 Å². The second-order valence-electron chi connectivity index (χ2n) is 5.30. The first-order chi connectivity index (χ1) is 10.2. The van der Waals surface area contributed by atoms with E-state index < -0.39 is 0 Å². The maximum Gasteiger partial charge on any atom is 0.251 e. The molecule has 1 aliphatic rings. The van der Waals surface area contributed by atoms with Crippen LogP contribution in [0, 0.1) is 17.8 Å². The number of nitrogens with two attached hydrogens (primary N) is 1. The van der Waals surface area contributed by atoms with Crippen LogP contribution < -0.4 is 11.1 Å². The van der Waals surface area contributed by atoms with Crippen LogP contribution in [0.3, 0.4) is 0 Å². The summed E-state index contributed by atoms with van der Waals surface area (Å²) >= 11 is 0. The average molecular weight is 286 g/mol. The van der Waals surface area contributed by atoms with Gasteiger partial charge in [-0.15, -0.1) is 0 Å². The number of hydrogen-bond donors (Lipinski definition) is 2. The van der Waals surface area contributed by atoms with Gasteiger partial charge in [0.05, 0.1) is 6.54 Å². The number of hydrogen-bond acceptors (Lipinski definition) is 3. The number of rotatable bonds is 3. The second kappa shape index (κ2) is 7.82. The molecule has 112 valence electrons. The van der Waals surface area contributed by atoms with E-state index in [1.165, 1.54) is 0 Å². The predicted molar refractivity (Wildman–Crippen MR) is 82.8 cm³/mol. The van der Waals surface area contributed by atoms with E-state index in [4.69, 9.17) is 10.5 Å². The van der Waals surface area contributed by atoms with Crippen molar-refractivity contribution in [2.24, 2.45) is 11.7 Å². The highest BCUT2D eigenvalue weighted by molar-refractivity contribution is 5.94. The normalized spacial score (nSPS) is 16.7. The molecule has 1 aromatic rings. The standard InChI is InChI=1S/C17H22N2O2/c1-13(15-7-10-21-11-8-15)19-17(20)16-6-2-4-14(12-16)5-3-9-18/h2,4,6,12-13,15H,7-11,18H2,1H3,(H,19,20). The fourth-order valence-electron chi connectivity index (χ4n) is 2.52. The van der Waals surface area contributed by atoms with Crippen molar-refractivity contribution in [1.82, 2.24) is 5.32 Å². The number of nitrogens with one attached hydrogen (secondary N) is 1. The molecule has 3 N–H and O–H groups in total. The lowest BCUT2D eigenvalue weighted by molar-refractivity contribution is 0.0538. The summed E-state index contributed by atoms with van der Waals surface area (Å²) in [7, 11) is 0. The highest BCUT2D eigenvalue weighted by Crippen LogP contribution is 2.19. The van der Waals surface area contributed by atoms with Crippen molar-refractivity contribution in [3.8, 4) is 11.8 Å². The van der Waals surface area contributed by atoms with Gasteiger partial charge in [0.2, 0.25) is 0 Å². The van der Waals surface area contributed by atoms with Crippen molar-refractivity contribution in [2.45, 2.75) is 25.8 Å². The lowest BCUT2D eigenvalue weighted by Gasteiger charge is -2.28. The third-order valence-corrected chi connectivity index (χ3v) is 3.79. The molecule has 0 aromatic heterocycles. The van der Waals surface area contributed by atoms with Crippen LogP contribution in [0.1, 0.15) is 35.7 Å². The van der Waals surface area contributed by atoms with Crippen LogP contribution in [0.5, 0.6) is 0 Å². The molecule has 1 aliphatic heterocycles. The number of amides is 1. The van der Waals surface area contributed by atoms with E-state index in [0.717, 1.165) is 31.6 Å². The van der Waals surface area contributed by atoms with E-state index in [1.54, 1.807) is 12.1 Å². The minimum Gasteiger partial charge on any atom is -0.381 e. The Kier molecular flexibility index (Phi) is 5.79. The van der Waals surface area contributed by atoms with Crippen molar-refractivity contribution in [2.75, 3.05) is 19.8 Å². The van der Waals surface area contributed by atoms with Gasteiger partial charge in [0, 0.05) is 30.4 Å². The molecular weight excluding hydrogens is 264 g/mol. The molecule has 0 spiro atoms. The van der Waals surface area contributed by atoms with E-state index in [0.29, 0.717) is 18.0 Å². The Morgan fingerprint density at radius 1 is 1.48 bits per heavy atom. The molecule has 1 fully saturated rings. The minimum absolute atomic E-state index is 0.0506. The summed E-state index contributed by atoms with van der Waals surface area (Å²) in [4.78, 5) is 12.3. The zero-order valence-corrected chi connectivity index (χ0v) is 12.4. The Morgan fingerprint density at radius 2 is 2.24 bits per heavy atom. The summed E-state index contributed by atoms with van der Waals surface area (Å²) in [6.07, 6.45) is 2.01.